The Balaban J connectivity index is 2.58. The number of rotatable bonds is 36. The minimum Gasteiger partial charge on any atom is -0.465 e. The van der Waals surface area contributed by atoms with E-state index in [4.69, 9.17) is 28.4 Å². The van der Waals surface area contributed by atoms with E-state index in [-0.39, 0.29) is 38.1 Å². The Hall–Kier alpha value is -3.31. The highest BCUT2D eigenvalue weighted by atomic mass is 16.7. The van der Waals surface area contributed by atoms with Crippen LogP contribution >= 0.6 is 0 Å². The molecule has 1 heterocycles. The number of ether oxygens (including phenoxy) is 6. The molecule has 1 aliphatic heterocycles. The van der Waals surface area contributed by atoms with Crippen molar-refractivity contribution in [1.82, 2.24) is 4.90 Å². The SMILES string of the molecule is CCCCC#CCCOC(CCC(=O)OCC(COC(=O)CCCCCCC/C=C\C/C=C\CCCCC)COC(=O)OCC1CCCN(CC)C1)OCCC#CCCCC. The Kier molecular flexibility index (Phi) is 38.4. The van der Waals surface area contributed by atoms with Gasteiger partial charge in [0.05, 0.1) is 32.2 Å². The molecule has 0 spiro atoms. The summed E-state index contributed by atoms with van der Waals surface area (Å²) in [5.41, 5.74) is 0. The first-order valence-electron chi connectivity index (χ1n) is 24.2. The summed E-state index contributed by atoms with van der Waals surface area (Å²) in [4.78, 5) is 40.6. The van der Waals surface area contributed by atoms with Crippen molar-refractivity contribution in [3.05, 3.63) is 24.3 Å². The summed E-state index contributed by atoms with van der Waals surface area (Å²) < 4.78 is 34.0. The molecule has 1 saturated heterocycles. The van der Waals surface area contributed by atoms with E-state index in [1.54, 1.807) is 0 Å². The first-order chi connectivity index (χ1) is 29.9. The fraction of sp³-hybridized carbons (Fsp3) is 0.784. The third-order valence-electron chi connectivity index (χ3n) is 10.4. The predicted molar refractivity (Wildman–Crippen MR) is 246 cm³/mol. The second-order valence-electron chi connectivity index (χ2n) is 16.1. The Morgan fingerprint density at radius 3 is 1.80 bits per heavy atom. The van der Waals surface area contributed by atoms with Crippen LogP contribution in [0.2, 0.25) is 0 Å². The lowest BCUT2D eigenvalue weighted by Gasteiger charge is -2.31. The van der Waals surface area contributed by atoms with Crippen molar-refractivity contribution in [2.75, 3.05) is 59.3 Å². The first kappa shape index (κ1) is 55.7. The van der Waals surface area contributed by atoms with Crippen LogP contribution in [0, 0.1) is 35.5 Å². The number of hydrogen-bond donors (Lipinski definition) is 0. The number of carbonyl (C=O) groups is 3. The van der Waals surface area contributed by atoms with Crippen LogP contribution in [0.5, 0.6) is 0 Å². The van der Waals surface area contributed by atoms with Gasteiger partial charge in [0.15, 0.2) is 6.29 Å². The zero-order valence-electron chi connectivity index (χ0n) is 39.0. The van der Waals surface area contributed by atoms with Crippen LogP contribution in [0.3, 0.4) is 0 Å². The first-order valence-corrected chi connectivity index (χ1v) is 24.2. The van der Waals surface area contributed by atoms with E-state index in [1.807, 2.05) is 0 Å². The highest BCUT2D eigenvalue weighted by Crippen LogP contribution is 2.17. The topological polar surface area (TPSA) is 110 Å². The molecule has 1 fully saturated rings. The summed E-state index contributed by atoms with van der Waals surface area (Å²) in [5.74, 6) is 11.6. The quantitative estimate of drug-likeness (QED) is 0.0151. The maximum absolute atomic E-state index is 13.0. The molecule has 1 aliphatic rings. The zero-order chi connectivity index (χ0) is 44.3. The monoisotopic (exact) mass is 856 g/mol. The third-order valence-corrected chi connectivity index (χ3v) is 10.4. The maximum atomic E-state index is 13.0. The molecule has 0 amide bonds. The smallest absolute Gasteiger partial charge is 0.465 e. The van der Waals surface area contributed by atoms with Crippen molar-refractivity contribution in [1.29, 1.82) is 0 Å². The molecule has 2 atom stereocenters. The molecule has 348 valence electrons. The molecule has 0 bridgehead atoms. The molecule has 1 rings (SSSR count). The Labute approximate surface area is 372 Å². The van der Waals surface area contributed by atoms with E-state index in [9.17, 15) is 14.4 Å². The van der Waals surface area contributed by atoms with Gasteiger partial charge in [0, 0.05) is 51.0 Å². The highest BCUT2D eigenvalue weighted by molar-refractivity contribution is 5.69. The van der Waals surface area contributed by atoms with Crippen molar-refractivity contribution in [3.63, 3.8) is 0 Å². The summed E-state index contributed by atoms with van der Waals surface area (Å²) in [6.45, 7) is 12.4. The van der Waals surface area contributed by atoms with Crippen molar-refractivity contribution in [2.24, 2.45) is 11.8 Å². The van der Waals surface area contributed by atoms with Crippen molar-refractivity contribution < 1.29 is 42.8 Å². The molecule has 0 aromatic heterocycles. The molecule has 61 heavy (non-hydrogen) atoms. The number of hydrogen-bond acceptors (Lipinski definition) is 10. The fourth-order valence-corrected chi connectivity index (χ4v) is 6.60. The van der Waals surface area contributed by atoms with E-state index in [2.05, 4.69) is 80.6 Å². The van der Waals surface area contributed by atoms with Crippen LogP contribution in [-0.2, 0) is 38.0 Å². The van der Waals surface area contributed by atoms with Crippen LogP contribution in [0.4, 0.5) is 4.79 Å². The van der Waals surface area contributed by atoms with Gasteiger partial charge in [-0.15, -0.1) is 23.7 Å². The van der Waals surface area contributed by atoms with Crippen LogP contribution in [0.15, 0.2) is 24.3 Å². The molecule has 0 aromatic rings. The largest absolute Gasteiger partial charge is 0.508 e. The lowest BCUT2D eigenvalue weighted by atomic mass is 9.99. The van der Waals surface area contributed by atoms with Crippen LogP contribution in [0.25, 0.3) is 0 Å². The van der Waals surface area contributed by atoms with Gasteiger partial charge in [0.25, 0.3) is 0 Å². The second kappa shape index (κ2) is 42.0. The van der Waals surface area contributed by atoms with Crippen LogP contribution in [0.1, 0.15) is 182 Å². The van der Waals surface area contributed by atoms with Gasteiger partial charge in [0.2, 0.25) is 0 Å². The summed E-state index contributed by atoms with van der Waals surface area (Å²) in [6, 6.07) is 0. The molecule has 10 heteroatoms. The minimum atomic E-state index is -0.774. The van der Waals surface area contributed by atoms with E-state index in [0.29, 0.717) is 45.5 Å². The van der Waals surface area contributed by atoms with Gasteiger partial charge >= 0.3 is 18.1 Å². The molecular formula is C51H85NO9. The minimum absolute atomic E-state index is 0.0405. The van der Waals surface area contributed by atoms with Crippen molar-refractivity contribution >= 4 is 18.1 Å². The van der Waals surface area contributed by atoms with Gasteiger partial charge in [-0.25, -0.2) is 4.79 Å². The van der Waals surface area contributed by atoms with Gasteiger partial charge in [-0.1, -0.05) is 96.9 Å². The lowest BCUT2D eigenvalue weighted by Crippen LogP contribution is -2.37. The van der Waals surface area contributed by atoms with E-state index < -0.39 is 24.3 Å². The number of carbonyl (C=O) groups excluding carboxylic acids is 3. The third kappa shape index (κ3) is 35.9. The van der Waals surface area contributed by atoms with Crippen molar-refractivity contribution in [3.8, 4) is 23.7 Å². The molecule has 10 nitrogen and oxygen atoms in total. The highest BCUT2D eigenvalue weighted by Gasteiger charge is 2.22. The van der Waals surface area contributed by atoms with E-state index in [0.717, 1.165) is 116 Å². The van der Waals surface area contributed by atoms with Crippen LogP contribution in [-0.4, -0.2) is 88.6 Å². The second-order valence-corrected chi connectivity index (χ2v) is 16.1. The molecule has 2 unspecified atom stereocenters. The summed E-state index contributed by atoms with van der Waals surface area (Å²) in [6.07, 6.45) is 29.9. The summed E-state index contributed by atoms with van der Waals surface area (Å²) in [7, 11) is 0. The number of nitrogens with zero attached hydrogens (tertiary/aromatic N) is 1. The zero-order valence-corrected chi connectivity index (χ0v) is 39.0. The number of esters is 2. The predicted octanol–water partition coefficient (Wildman–Crippen LogP) is 11.7. The van der Waals surface area contributed by atoms with Gasteiger partial charge in [-0.2, -0.15) is 0 Å². The molecular weight excluding hydrogens is 771 g/mol. The van der Waals surface area contributed by atoms with Gasteiger partial charge < -0.3 is 33.3 Å². The average molecular weight is 856 g/mol. The Bertz CT molecular complexity index is 1240. The lowest BCUT2D eigenvalue weighted by molar-refractivity contribution is -0.159. The Morgan fingerprint density at radius 2 is 1.18 bits per heavy atom. The number of likely N-dealkylation sites (tertiary alicyclic amines) is 1. The molecule has 0 saturated carbocycles. The van der Waals surface area contributed by atoms with Gasteiger partial charge in [-0.05, 0) is 77.3 Å². The van der Waals surface area contributed by atoms with E-state index in [1.165, 1.54) is 25.7 Å². The number of unbranched alkanes of at least 4 members (excludes halogenated alkanes) is 12. The van der Waals surface area contributed by atoms with Gasteiger partial charge in [0.1, 0.15) is 19.8 Å². The number of piperidine rings is 1. The fourth-order valence-electron chi connectivity index (χ4n) is 6.60. The average Bonchev–Trinajstić information content (AvgIpc) is 3.27. The number of allylic oxidation sites excluding steroid dienone is 4. The van der Waals surface area contributed by atoms with Gasteiger partial charge in [-0.3, -0.25) is 9.59 Å². The maximum Gasteiger partial charge on any atom is 0.508 e. The normalized spacial score (nSPS) is 14.7. The Morgan fingerprint density at radius 1 is 0.623 bits per heavy atom. The molecule has 0 N–H and O–H groups in total. The molecule has 0 aromatic carbocycles. The van der Waals surface area contributed by atoms with Crippen molar-refractivity contribution in [2.45, 2.75) is 188 Å². The van der Waals surface area contributed by atoms with E-state index >= 15 is 0 Å². The molecule has 0 radical (unpaired) electrons. The summed E-state index contributed by atoms with van der Waals surface area (Å²) >= 11 is 0. The summed E-state index contributed by atoms with van der Waals surface area (Å²) in [5, 5.41) is 0. The molecule has 0 aliphatic carbocycles. The van der Waals surface area contributed by atoms with Crippen LogP contribution < -0.4 is 0 Å². The standard InChI is InChI=1S/C51H85NO9/c1-5-9-12-15-18-19-20-21-22-23-24-25-26-27-30-35-48(53)58-43-47(45-61-51(55)60-42-46-34-33-38-52(8-4)41-46)44-59-49(54)36-37-50(56-39-31-28-16-13-10-6-2)57-40-32-29-17-14-11-7-3/h18-19,21-22,46-47,50H,5-15,20,23-27,30-45H2,1-4H3/b19-18-,22-21-.